The molecule has 0 saturated heterocycles. The van der Waals surface area contributed by atoms with E-state index in [1.807, 2.05) is 13.8 Å². The summed E-state index contributed by atoms with van der Waals surface area (Å²) in [5, 5.41) is 22.1. The minimum atomic E-state index is -1.56. The lowest BCUT2D eigenvalue weighted by Gasteiger charge is -2.23. The van der Waals surface area contributed by atoms with Crippen LogP contribution in [0.2, 0.25) is 0 Å². The topological polar surface area (TPSA) is 159 Å². The van der Waals surface area contributed by atoms with Crippen molar-refractivity contribution in [3.63, 3.8) is 0 Å². The number of carboxylic acid groups (broad SMARTS) is 2. The molecule has 126 valence electrons. The number of hydrogen-bond donors (Lipinski definition) is 5. The van der Waals surface area contributed by atoms with E-state index in [2.05, 4.69) is 10.6 Å². The SMILES string of the molecule is CC(C)CC(NC(=O)C(C)N)C(=O)NC(CC(=O)O)C(=O)O. The van der Waals surface area contributed by atoms with Crippen LogP contribution in [-0.4, -0.2) is 52.1 Å². The molecular weight excluding hydrogens is 294 g/mol. The van der Waals surface area contributed by atoms with E-state index in [-0.39, 0.29) is 12.3 Å². The van der Waals surface area contributed by atoms with Crippen LogP contribution in [0.5, 0.6) is 0 Å². The number of amides is 2. The van der Waals surface area contributed by atoms with E-state index in [9.17, 15) is 19.2 Å². The van der Waals surface area contributed by atoms with Crippen molar-refractivity contribution in [1.29, 1.82) is 0 Å². The van der Waals surface area contributed by atoms with E-state index in [1.165, 1.54) is 6.92 Å². The minimum absolute atomic E-state index is 0.0480. The summed E-state index contributed by atoms with van der Waals surface area (Å²) in [7, 11) is 0. The number of nitrogens with one attached hydrogen (secondary N) is 2. The Kier molecular flexibility index (Phi) is 8.10. The Morgan fingerprint density at radius 3 is 1.82 bits per heavy atom. The van der Waals surface area contributed by atoms with Gasteiger partial charge in [0.15, 0.2) is 0 Å². The zero-order chi connectivity index (χ0) is 17.4. The normalized spacial score (nSPS) is 14.8. The molecular formula is C13H23N3O6. The fraction of sp³-hybridized carbons (Fsp3) is 0.692. The first kappa shape index (κ1) is 19.8. The molecule has 0 bridgehead atoms. The molecule has 0 rings (SSSR count). The van der Waals surface area contributed by atoms with E-state index >= 15 is 0 Å². The van der Waals surface area contributed by atoms with Crippen molar-refractivity contribution in [2.45, 2.75) is 51.7 Å². The second kappa shape index (κ2) is 8.98. The summed E-state index contributed by atoms with van der Waals surface area (Å²) >= 11 is 0. The predicted octanol–water partition coefficient (Wildman–Crippen LogP) is -1.09. The predicted molar refractivity (Wildman–Crippen MR) is 76.9 cm³/mol. The van der Waals surface area contributed by atoms with Crippen molar-refractivity contribution in [2.75, 3.05) is 0 Å². The fourth-order valence-corrected chi connectivity index (χ4v) is 1.65. The van der Waals surface area contributed by atoms with Gasteiger partial charge < -0.3 is 26.6 Å². The summed E-state index contributed by atoms with van der Waals surface area (Å²) in [6.07, 6.45) is -0.486. The van der Waals surface area contributed by atoms with Crippen molar-refractivity contribution in [2.24, 2.45) is 11.7 Å². The summed E-state index contributed by atoms with van der Waals surface area (Å²) < 4.78 is 0. The van der Waals surface area contributed by atoms with Crippen molar-refractivity contribution >= 4 is 23.8 Å². The molecule has 0 saturated carbocycles. The van der Waals surface area contributed by atoms with Crippen molar-refractivity contribution in [3.8, 4) is 0 Å². The van der Waals surface area contributed by atoms with Gasteiger partial charge in [0.25, 0.3) is 0 Å². The van der Waals surface area contributed by atoms with E-state index in [4.69, 9.17) is 15.9 Å². The Hall–Kier alpha value is -2.16. The second-order valence-corrected chi connectivity index (χ2v) is 5.48. The van der Waals surface area contributed by atoms with Gasteiger partial charge in [-0.25, -0.2) is 4.79 Å². The van der Waals surface area contributed by atoms with Crippen LogP contribution in [0, 0.1) is 5.92 Å². The molecule has 0 heterocycles. The number of carbonyl (C=O) groups excluding carboxylic acids is 2. The zero-order valence-electron chi connectivity index (χ0n) is 12.8. The molecule has 0 aromatic heterocycles. The summed E-state index contributed by atoms with van der Waals surface area (Å²) in [5.74, 6) is -4.07. The molecule has 3 atom stereocenters. The third-order valence-corrected chi connectivity index (χ3v) is 2.75. The molecule has 0 aromatic rings. The standard InChI is InChI=1S/C13H23N3O6/c1-6(2)4-8(15-11(19)7(3)14)12(20)16-9(13(21)22)5-10(17)18/h6-9H,4-5,14H2,1-3H3,(H,15,19)(H,16,20)(H,17,18)(H,21,22). The highest BCUT2D eigenvalue weighted by Crippen LogP contribution is 2.06. The lowest BCUT2D eigenvalue weighted by Crippen LogP contribution is -2.54. The molecule has 0 aliphatic heterocycles. The van der Waals surface area contributed by atoms with Crippen molar-refractivity contribution < 1.29 is 29.4 Å². The number of carboxylic acids is 2. The summed E-state index contributed by atoms with van der Waals surface area (Å²) in [5.41, 5.74) is 5.41. The highest BCUT2D eigenvalue weighted by Gasteiger charge is 2.29. The molecule has 0 aliphatic rings. The molecule has 0 aromatic carbocycles. The van der Waals surface area contributed by atoms with Crippen LogP contribution < -0.4 is 16.4 Å². The Morgan fingerprint density at radius 2 is 1.45 bits per heavy atom. The zero-order valence-corrected chi connectivity index (χ0v) is 12.8. The lowest BCUT2D eigenvalue weighted by atomic mass is 10.0. The maximum absolute atomic E-state index is 12.1. The Bertz CT molecular complexity index is 435. The van der Waals surface area contributed by atoms with Gasteiger partial charge in [-0.3, -0.25) is 14.4 Å². The molecule has 0 radical (unpaired) electrons. The highest BCUT2D eigenvalue weighted by atomic mass is 16.4. The maximum Gasteiger partial charge on any atom is 0.326 e. The van der Waals surface area contributed by atoms with Crippen molar-refractivity contribution in [3.05, 3.63) is 0 Å². The average molecular weight is 317 g/mol. The highest BCUT2D eigenvalue weighted by molar-refractivity contribution is 5.92. The van der Waals surface area contributed by atoms with E-state index in [1.54, 1.807) is 0 Å². The van der Waals surface area contributed by atoms with Gasteiger partial charge in [-0.15, -0.1) is 0 Å². The van der Waals surface area contributed by atoms with Crippen LogP contribution in [0.25, 0.3) is 0 Å². The Morgan fingerprint density at radius 1 is 0.955 bits per heavy atom. The van der Waals surface area contributed by atoms with Gasteiger partial charge in [-0.2, -0.15) is 0 Å². The molecule has 0 spiro atoms. The smallest absolute Gasteiger partial charge is 0.326 e. The molecule has 22 heavy (non-hydrogen) atoms. The number of nitrogens with two attached hydrogens (primary N) is 1. The first-order valence-electron chi connectivity index (χ1n) is 6.85. The van der Waals surface area contributed by atoms with Gasteiger partial charge in [0.1, 0.15) is 12.1 Å². The monoisotopic (exact) mass is 317 g/mol. The van der Waals surface area contributed by atoms with Crippen LogP contribution in [0.15, 0.2) is 0 Å². The number of carbonyl (C=O) groups is 4. The Labute approximate surface area is 128 Å². The van der Waals surface area contributed by atoms with Crippen LogP contribution in [0.1, 0.15) is 33.6 Å². The summed E-state index contributed by atoms with van der Waals surface area (Å²) in [6.45, 7) is 5.10. The molecule has 9 nitrogen and oxygen atoms in total. The quantitative estimate of drug-likeness (QED) is 0.361. The van der Waals surface area contributed by atoms with Gasteiger partial charge in [-0.05, 0) is 19.3 Å². The van der Waals surface area contributed by atoms with Gasteiger partial charge in [0.05, 0.1) is 12.5 Å². The summed E-state index contributed by atoms with van der Waals surface area (Å²) in [6, 6.07) is -3.36. The van der Waals surface area contributed by atoms with Gasteiger partial charge >= 0.3 is 11.9 Å². The third-order valence-electron chi connectivity index (χ3n) is 2.75. The van der Waals surface area contributed by atoms with Gasteiger partial charge in [0.2, 0.25) is 11.8 Å². The average Bonchev–Trinajstić information content (AvgIpc) is 2.35. The first-order chi connectivity index (χ1) is 10.0. The first-order valence-corrected chi connectivity index (χ1v) is 6.85. The number of rotatable bonds is 9. The molecule has 9 heteroatoms. The number of hydrogen-bond acceptors (Lipinski definition) is 5. The minimum Gasteiger partial charge on any atom is -0.481 e. The molecule has 3 unspecified atom stereocenters. The van der Waals surface area contributed by atoms with Crippen molar-refractivity contribution in [1.82, 2.24) is 10.6 Å². The second-order valence-electron chi connectivity index (χ2n) is 5.48. The largest absolute Gasteiger partial charge is 0.481 e. The molecule has 0 fully saturated rings. The van der Waals surface area contributed by atoms with Crippen LogP contribution in [0.4, 0.5) is 0 Å². The van der Waals surface area contributed by atoms with Crippen LogP contribution >= 0.6 is 0 Å². The summed E-state index contributed by atoms with van der Waals surface area (Å²) in [4.78, 5) is 45.3. The van der Waals surface area contributed by atoms with Crippen LogP contribution in [0.3, 0.4) is 0 Å². The molecule has 6 N–H and O–H groups in total. The number of aliphatic carboxylic acids is 2. The maximum atomic E-state index is 12.1. The van der Waals surface area contributed by atoms with E-state index in [0.717, 1.165) is 0 Å². The van der Waals surface area contributed by atoms with E-state index < -0.39 is 48.3 Å². The fourth-order valence-electron chi connectivity index (χ4n) is 1.65. The van der Waals surface area contributed by atoms with Gasteiger partial charge in [-0.1, -0.05) is 13.8 Å². The van der Waals surface area contributed by atoms with Gasteiger partial charge in [0, 0.05) is 0 Å². The lowest BCUT2D eigenvalue weighted by molar-refractivity contribution is -0.147. The molecule has 2 amide bonds. The molecule has 0 aliphatic carbocycles. The third kappa shape index (κ3) is 7.58. The van der Waals surface area contributed by atoms with E-state index in [0.29, 0.717) is 0 Å². The Balaban J connectivity index is 4.96. The van der Waals surface area contributed by atoms with Crippen LogP contribution in [-0.2, 0) is 19.2 Å².